The number of rotatable bonds is 4. The second-order valence-corrected chi connectivity index (χ2v) is 6.50. The van der Waals surface area contributed by atoms with Gasteiger partial charge in [-0.15, -0.1) is 11.3 Å². The van der Waals surface area contributed by atoms with E-state index in [0.717, 1.165) is 5.69 Å². The summed E-state index contributed by atoms with van der Waals surface area (Å²) < 4.78 is 1.24. The SMILES string of the molecule is CC(C)c1csc(NC(=O)Cn2c(=O)[nH]c(=O)c3ccccc32)n1. The van der Waals surface area contributed by atoms with Crippen molar-refractivity contribution in [2.75, 3.05) is 5.32 Å². The van der Waals surface area contributed by atoms with Crippen LogP contribution in [0.4, 0.5) is 5.13 Å². The molecule has 0 aliphatic carbocycles. The van der Waals surface area contributed by atoms with Gasteiger partial charge < -0.3 is 5.32 Å². The van der Waals surface area contributed by atoms with E-state index in [1.54, 1.807) is 24.3 Å². The highest BCUT2D eigenvalue weighted by molar-refractivity contribution is 7.13. The van der Waals surface area contributed by atoms with Crippen molar-refractivity contribution in [3.05, 3.63) is 56.2 Å². The molecule has 0 unspecified atom stereocenters. The van der Waals surface area contributed by atoms with Gasteiger partial charge in [-0.2, -0.15) is 0 Å². The number of nitrogens with one attached hydrogen (secondary N) is 2. The molecule has 2 heterocycles. The maximum Gasteiger partial charge on any atom is 0.329 e. The first-order chi connectivity index (χ1) is 11.5. The van der Waals surface area contributed by atoms with Gasteiger partial charge >= 0.3 is 5.69 Å². The van der Waals surface area contributed by atoms with Crippen molar-refractivity contribution < 1.29 is 4.79 Å². The van der Waals surface area contributed by atoms with Gasteiger partial charge in [0.25, 0.3) is 5.56 Å². The van der Waals surface area contributed by atoms with Gasteiger partial charge in [-0.25, -0.2) is 9.78 Å². The van der Waals surface area contributed by atoms with Gasteiger partial charge in [-0.3, -0.25) is 19.1 Å². The van der Waals surface area contributed by atoms with Crippen LogP contribution in [-0.4, -0.2) is 20.4 Å². The molecule has 3 aromatic rings. The van der Waals surface area contributed by atoms with E-state index >= 15 is 0 Å². The molecule has 0 saturated carbocycles. The molecule has 0 bridgehead atoms. The Morgan fingerprint density at radius 3 is 2.79 bits per heavy atom. The van der Waals surface area contributed by atoms with E-state index in [4.69, 9.17) is 0 Å². The highest BCUT2D eigenvalue weighted by Gasteiger charge is 2.13. The summed E-state index contributed by atoms with van der Waals surface area (Å²) in [4.78, 5) is 42.7. The number of H-pyrrole nitrogens is 1. The molecule has 8 heteroatoms. The van der Waals surface area contributed by atoms with Crippen molar-refractivity contribution in [1.82, 2.24) is 14.5 Å². The number of aromatic amines is 1. The molecule has 0 aliphatic heterocycles. The van der Waals surface area contributed by atoms with Gasteiger partial charge in [-0.05, 0) is 18.1 Å². The van der Waals surface area contributed by atoms with E-state index in [-0.39, 0.29) is 18.4 Å². The predicted molar refractivity (Wildman–Crippen MR) is 93.7 cm³/mol. The fourth-order valence-corrected chi connectivity index (χ4v) is 3.20. The summed E-state index contributed by atoms with van der Waals surface area (Å²) in [7, 11) is 0. The quantitative estimate of drug-likeness (QED) is 0.755. The highest BCUT2D eigenvalue weighted by atomic mass is 32.1. The first-order valence-corrected chi connectivity index (χ1v) is 8.31. The third-order valence-electron chi connectivity index (χ3n) is 3.57. The lowest BCUT2D eigenvalue weighted by Crippen LogP contribution is -2.34. The summed E-state index contributed by atoms with van der Waals surface area (Å²) in [5.41, 5.74) is 0.245. The Hall–Kier alpha value is -2.74. The van der Waals surface area contributed by atoms with Gasteiger partial charge in [-0.1, -0.05) is 26.0 Å². The van der Waals surface area contributed by atoms with Crippen LogP contribution in [-0.2, 0) is 11.3 Å². The lowest BCUT2D eigenvalue weighted by atomic mass is 10.2. The molecular formula is C16H16N4O3S. The van der Waals surface area contributed by atoms with Crippen LogP contribution in [0.1, 0.15) is 25.5 Å². The third kappa shape index (κ3) is 3.13. The Morgan fingerprint density at radius 2 is 2.08 bits per heavy atom. The fourth-order valence-electron chi connectivity index (χ4n) is 2.31. The van der Waals surface area contributed by atoms with Gasteiger partial charge in [0.1, 0.15) is 6.54 Å². The van der Waals surface area contributed by atoms with Crippen LogP contribution in [0.5, 0.6) is 0 Å². The number of amides is 1. The second kappa shape index (κ2) is 6.40. The summed E-state index contributed by atoms with van der Waals surface area (Å²) in [6, 6.07) is 6.66. The Bertz CT molecular complexity index is 1020. The van der Waals surface area contributed by atoms with Gasteiger partial charge in [0, 0.05) is 5.38 Å². The average Bonchev–Trinajstić information content (AvgIpc) is 3.00. The number of carbonyl (C=O) groups is 1. The minimum atomic E-state index is -0.615. The first kappa shape index (κ1) is 16.1. The van der Waals surface area contributed by atoms with Crippen LogP contribution in [0.2, 0.25) is 0 Å². The smallest absolute Gasteiger partial charge is 0.300 e. The number of benzene rings is 1. The van der Waals surface area contributed by atoms with Crippen LogP contribution >= 0.6 is 11.3 Å². The van der Waals surface area contributed by atoms with Crippen LogP contribution in [0.3, 0.4) is 0 Å². The Morgan fingerprint density at radius 1 is 1.33 bits per heavy atom. The molecule has 0 radical (unpaired) electrons. The predicted octanol–water partition coefficient (Wildman–Crippen LogP) is 1.91. The Balaban J connectivity index is 1.88. The fraction of sp³-hybridized carbons (Fsp3) is 0.250. The number of aromatic nitrogens is 3. The van der Waals surface area contributed by atoms with E-state index in [1.165, 1.54) is 15.9 Å². The topological polar surface area (TPSA) is 96.9 Å². The number of carbonyl (C=O) groups excluding carboxylic acids is 1. The van der Waals surface area contributed by atoms with Crippen LogP contribution in [0.15, 0.2) is 39.2 Å². The number of nitrogens with zero attached hydrogens (tertiary/aromatic N) is 2. The third-order valence-corrected chi connectivity index (χ3v) is 4.34. The normalized spacial score (nSPS) is 11.1. The van der Waals surface area contributed by atoms with Gasteiger partial charge in [0.2, 0.25) is 5.91 Å². The molecule has 0 spiro atoms. The van der Waals surface area contributed by atoms with Gasteiger partial charge in [0.05, 0.1) is 16.6 Å². The van der Waals surface area contributed by atoms with E-state index < -0.39 is 11.2 Å². The van der Waals surface area contributed by atoms with Crippen molar-refractivity contribution in [3.8, 4) is 0 Å². The molecule has 0 aliphatic rings. The standard InChI is InChI=1S/C16H16N4O3S/c1-9(2)11-8-24-15(17-11)18-13(21)7-20-12-6-4-3-5-10(12)14(22)19-16(20)23/h3-6,8-9H,7H2,1-2H3,(H,17,18,21)(H,19,22,23). The lowest BCUT2D eigenvalue weighted by molar-refractivity contribution is -0.116. The van der Waals surface area contributed by atoms with Crippen molar-refractivity contribution in [2.45, 2.75) is 26.3 Å². The molecule has 3 rings (SSSR count). The maximum atomic E-state index is 12.2. The highest BCUT2D eigenvalue weighted by Crippen LogP contribution is 2.21. The number of para-hydroxylation sites is 1. The largest absolute Gasteiger partial charge is 0.329 e. The van der Waals surface area contributed by atoms with E-state index in [9.17, 15) is 14.4 Å². The van der Waals surface area contributed by atoms with Crippen molar-refractivity contribution in [1.29, 1.82) is 0 Å². The molecule has 0 atom stereocenters. The zero-order chi connectivity index (χ0) is 17.3. The van der Waals surface area contributed by atoms with E-state index in [2.05, 4.69) is 15.3 Å². The summed E-state index contributed by atoms with van der Waals surface area (Å²) in [5, 5.41) is 5.43. The zero-order valence-electron chi connectivity index (χ0n) is 13.2. The molecular weight excluding hydrogens is 328 g/mol. The molecule has 1 aromatic carbocycles. The van der Waals surface area contributed by atoms with Crippen LogP contribution in [0, 0.1) is 0 Å². The summed E-state index contributed by atoms with van der Waals surface area (Å²) in [5.74, 6) is -0.100. The number of thiazole rings is 1. The van der Waals surface area contributed by atoms with Crippen molar-refractivity contribution in [2.24, 2.45) is 0 Å². The molecule has 24 heavy (non-hydrogen) atoms. The number of hydrogen-bond acceptors (Lipinski definition) is 5. The summed E-state index contributed by atoms with van der Waals surface area (Å²) in [6.45, 7) is 3.84. The van der Waals surface area contributed by atoms with Crippen LogP contribution < -0.4 is 16.6 Å². The van der Waals surface area contributed by atoms with Gasteiger partial charge in [0.15, 0.2) is 5.13 Å². The number of fused-ring (bicyclic) bond motifs is 1. The maximum absolute atomic E-state index is 12.2. The molecule has 0 fully saturated rings. The second-order valence-electron chi connectivity index (χ2n) is 5.64. The molecule has 0 saturated heterocycles. The molecule has 7 nitrogen and oxygen atoms in total. The average molecular weight is 344 g/mol. The first-order valence-electron chi connectivity index (χ1n) is 7.43. The molecule has 2 N–H and O–H groups in total. The summed E-state index contributed by atoms with van der Waals surface area (Å²) in [6.07, 6.45) is 0. The van der Waals surface area contributed by atoms with Crippen molar-refractivity contribution >= 4 is 33.3 Å². The summed E-state index contributed by atoms with van der Waals surface area (Å²) >= 11 is 1.34. The Kier molecular flexibility index (Phi) is 4.30. The number of anilines is 1. The zero-order valence-corrected chi connectivity index (χ0v) is 14.0. The molecule has 1 amide bonds. The minimum Gasteiger partial charge on any atom is -0.300 e. The molecule has 124 valence electrons. The monoisotopic (exact) mass is 344 g/mol. The molecule has 2 aromatic heterocycles. The number of hydrogen-bond donors (Lipinski definition) is 2. The van der Waals surface area contributed by atoms with E-state index in [1.807, 2.05) is 19.2 Å². The van der Waals surface area contributed by atoms with Crippen LogP contribution in [0.25, 0.3) is 10.9 Å². The Labute approximate surface area is 141 Å². The van der Waals surface area contributed by atoms with Crippen molar-refractivity contribution in [3.63, 3.8) is 0 Å². The van der Waals surface area contributed by atoms with E-state index in [0.29, 0.717) is 16.0 Å². The minimum absolute atomic E-state index is 0.202. The lowest BCUT2D eigenvalue weighted by Gasteiger charge is -2.08.